The zero-order chi connectivity index (χ0) is 11.4. The molecule has 0 aromatic heterocycles. The van der Waals surface area contributed by atoms with Crippen LogP contribution in [0.15, 0.2) is 43.0 Å². The van der Waals surface area contributed by atoms with Crippen molar-refractivity contribution in [2.45, 2.75) is 24.7 Å². The summed E-state index contributed by atoms with van der Waals surface area (Å²) in [6.07, 6.45) is 4.49. The molecule has 0 saturated heterocycles. The lowest BCUT2D eigenvalue weighted by atomic mass is 9.64. The van der Waals surface area contributed by atoms with Gasteiger partial charge in [0.15, 0.2) is 0 Å². The van der Waals surface area contributed by atoms with Crippen LogP contribution in [-0.2, 0) is 14.9 Å². The number of hydrogen-bond acceptors (Lipinski definition) is 2. The fourth-order valence-corrected chi connectivity index (χ4v) is 2.17. The minimum Gasteiger partial charge on any atom is -0.461 e. The highest BCUT2D eigenvalue weighted by molar-refractivity contribution is 5.84. The van der Waals surface area contributed by atoms with Gasteiger partial charge in [-0.2, -0.15) is 0 Å². The molecule has 1 aliphatic rings. The van der Waals surface area contributed by atoms with E-state index in [0.717, 1.165) is 24.8 Å². The third kappa shape index (κ3) is 1.75. The van der Waals surface area contributed by atoms with Gasteiger partial charge in [-0.15, -0.1) is 0 Å². The first-order valence-electron chi connectivity index (χ1n) is 5.63. The summed E-state index contributed by atoms with van der Waals surface area (Å²) in [4.78, 5) is 12.0. The normalized spacial score (nSPS) is 17.2. The minimum absolute atomic E-state index is 0.107. The Balaban J connectivity index is 2.20. The van der Waals surface area contributed by atoms with E-state index >= 15 is 0 Å². The maximum atomic E-state index is 12.0. The zero-order valence-corrected chi connectivity index (χ0v) is 9.32. The molecule has 2 heteroatoms. The number of benzene rings is 1. The summed E-state index contributed by atoms with van der Waals surface area (Å²) < 4.78 is 5.20. The Bertz CT molecular complexity index is 377. The standard InChI is InChI=1S/C14H16O2/c1-2-11-16-13(15)14(9-6-10-14)12-7-4-3-5-8-12/h2-5,7-8H,1,6,9-11H2. The molecule has 0 unspecified atom stereocenters. The number of carbonyl (C=O) groups excluding carboxylic acids is 1. The Morgan fingerprint density at radius 2 is 2.06 bits per heavy atom. The largest absolute Gasteiger partial charge is 0.461 e. The second-order valence-corrected chi connectivity index (χ2v) is 4.19. The van der Waals surface area contributed by atoms with Crippen molar-refractivity contribution in [2.24, 2.45) is 0 Å². The molecule has 0 atom stereocenters. The summed E-state index contributed by atoms with van der Waals surface area (Å²) in [7, 11) is 0. The van der Waals surface area contributed by atoms with Crippen molar-refractivity contribution in [3.63, 3.8) is 0 Å². The maximum absolute atomic E-state index is 12.0. The Morgan fingerprint density at radius 1 is 1.38 bits per heavy atom. The molecule has 0 amide bonds. The van der Waals surface area contributed by atoms with Crippen LogP contribution in [0.2, 0.25) is 0 Å². The monoisotopic (exact) mass is 216 g/mol. The Labute approximate surface area is 95.9 Å². The topological polar surface area (TPSA) is 26.3 Å². The van der Waals surface area contributed by atoms with Gasteiger partial charge in [-0.05, 0) is 18.4 Å². The zero-order valence-electron chi connectivity index (χ0n) is 9.32. The van der Waals surface area contributed by atoms with E-state index in [1.54, 1.807) is 6.08 Å². The molecule has 2 rings (SSSR count). The molecule has 0 heterocycles. The van der Waals surface area contributed by atoms with Crippen LogP contribution in [0.3, 0.4) is 0 Å². The summed E-state index contributed by atoms with van der Waals surface area (Å²) in [5.74, 6) is -0.107. The van der Waals surface area contributed by atoms with E-state index in [1.165, 1.54) is 0 Å². The first-order valence-corrected chi connectivity index (χ1v) is 5.63. The van der Waals surface area contributed by atoms with Gasteiger partial charge in [-0.1, -0.05) is 49.4 Å². The van der Waals surface area contributed by atoms with Crippen LogP contribution >= 0.6 is 0 Å². The van der Waals surface area contributed by atoms with Crippen LogP contribution in [0.1, 0.15) is 24.8 Å². The average molecular weight is 216 g/mol. The highest BCUT2D eigenvalue weighted by Gasteiger charge is 2.46. The van der Waals surface area contributed by atoms with Gasteiger partial charge in [-0.25, -0.2) is 0 Å². The van der Waals surface area contributed by atoms with Gasteiger partial charge in [0.1, 0.15) is 6.61 Å². The molecule has 0 bridgehead atoms. The number of esters is 1. The van der Waals surface area contributed by atoms with E-state index in [4.69, 9.17) is 4.74 Å². The lowest BCUT2D eigenvalue weighted by Gasteiger charge is -2.39. The predicted molar refractivity (Wildman–Crippen MR) is 63.1 cm³/mol. The van der Waals surface area contributed by atoms with E-state index in [9.17, 15) is 4.79 Å². The molecular formula is C14H16O2. The van der Waals surface area contributed by atoms with Gasteiger partial charge in [-0.3, -0.25) is 4.79 Å². The predicted octanol–water partition coefficient (Wildman–Crippen LogP) is 2.84. The molecule has 0 N–H and O–H groups in total. The van der Waals surface area contributed by atoms with Crippen molar-refractivity contribution in [3.8, 4) is 0 Å². The lowest BCUT2D eigenvalue weighted by Crippen LogP contribution is -2.43. The van der Waals surface area contributed by atoms with Crippen LogP contribution in [0.5, 0.6) is 0 Å². The van der Waals surface area contributed by atoms with Crippen molar-refractivity contribution in [3.05, 3.63) is 48.6 Å². The van der Waals surface area contributed by atoms with Gasteiger partial charge in [0.2, 0.25) is 0 Å². The molecule has 1 fully saturated rings. The molecule has 84 valence electrons. The SMILES string of the molecule is C=CCOC(=O)C1(c2ccccc2)CCC1. The van der Waals surface area contributed by atoms with Crippen molar-refractivity contribution in [1.82, 2.24) is 0 Å². The van der Waals surface area contributed by atoms with Crippen LogP contribution in [0.4, 0.5) is 0 Å². The third-order valence-electron chi connectivity index (χ3n) is 3.26. The summed E-state index contributed by atoms with van der Waals surface area (Å²) in [5.41, 5.74) is 0.694. The van der Waals surface area contributed by atoms with E-state index in [2.05, 4.69) is 6.58 Å². The Hall–Kier alpha value is -1.57. The average Bonchev–Trinajstić information content (AvgIpc) is 2.26. The van der Waals surface area contributed by atoms with Crippen LogP contribution < -0.4 is 0 Å². The molecular weight excluding hydrogens is 200 g/mol. The van der Waals surface area contributed by atoms with Gasteiger partial charge in [0.25, 0.3) is 0 Å². The third-order valence-corrected chi connectivity index (χ3v) is 3.26. The first kappa shape index (κ1) is 10.9. The first-order chi connectivity index (χ1) is 7.79. The quantitative estimate of drug-likeness (QED) is 0.571. The summed E-state index contributed by atoms with van der Waals surface area (Å²) in [6.45, 7) is 3.85. The second kappa shape index (κ2) is 4.52. The van der Waals surface area contributed by atoms with Crippen molar-refractivity contribution in [1.29, 1.82) is 0 Å². The summed E-state index contributed by atoms with van der Waals surface area (Å²) >= 11 is 0. The maximum Gasteiger partial charge on any atom is 0.316 e. The molecule has 1 saturated carbocycles. The van der Waals surface area contributed by atoms with E-state index in [0.29, 0.717) is 6.61 Å². The van der Waals surface area contributed by atoms with E-state index < -0.39 is 0 Å². The lowest BCUT2D eigenvalue weighted by molar-refractivity contribution is -0.153. The second-order valence-electron chi connectivity index (χ2n) is 4.19. The molecule has 2 nitrogen and oxygen atoms in total. The van der Waals surface area contributed by atoms with Gasteiger partial charge in [0, 0.05) is 0 Å². The Morgan fingerprint density at radius 3 is 2.56 bits per heavy atom. The van der Waals surface area contributed by atoms with E-state index in [1.807, 2.05) is 30.3 Å². The van der Waals surface area contributed by atoms with Crippen molar-refractivity contribution in [2.75, 3.05) is 6.61 Å². The molecule has 1 aliphatic carbocycles. The molecule has 0 spiro atoms. The van der Waals surface area contributed by atoms with Crippen LogP contribution in [0.25, 0.3) is 0 Å². The fourth-order valence-electron chi connectivity index (χ4n) is 2.17. The highest BCUT2D eigenvalue weighted by Crippen LogP contribution is 2.44. The fraction of sp³-hybridized carbons (Fsp3) is 0.357. The molecule has 16 heavy (non-hydrogen) atoms. The highest BCUT2D eigenvalue weighted by atomic mass is 16.5. The number of carbonyl (C=O) groups is 1. The molecule has 0 radical (unpaired) electrons. The number of hydrogen-bond donors (Lipinski definition) is 0. The molecule has 1 aromatic rings. The van der Waals surface area contributed by atoms with E-state index in [-0.39, 0.29) is 11.4 Å². The van der Waals surface area contributed by atoms with Crippen LogP contribution in [-0.4, -0.2) is 12.6 Å². The van der Waals surface area contributed by atoms with Crippen molar-refractivity contribution >= 4 is 5.97 Å². The smallest absolute Gasteiger partial charge is 0.316 e. The van der Waals surface area contributed by atoms with Crippen LogP contribution in [0, 0.1) is 0 Å². The molecule has 0 aliphatic heterocycles. The van der Waals surface area contributed by atoms with Gasteiger partial charge < -0.3 is 4.74 Å². The number of ether oxygens (including phenoxy) is 1. The van der Waals surface area contributed by atoms with Crippen molar-refractivity contribution < 1.29 is 9.53 Å². The minimum atomic E-state index is -0.385. The molecule has 1 aromatic carbocycles. The summed E-state index contributed by atoms with van der Waals surface area (Å²) in [5, 5.41) is 0. The number of rotatable bonds is 4. The summed E-state index contributed by atoms with van der Waals surface area (Å²) in [6, 6.07) is 9.92. The van der Waals surface area contributed by atoms with Gasteiger partial charge in [0.05, 0.1) is 5.41 Å². The Kier molecular flexibility index (Phi) is 3.09. The van der Waals surface area contributed by atoms with Gasteiger partial charge >= 0.3 is 5.97 Å².